The topological polar surface area (TPSA) is 81.6 Å². The maximum Gasteiger partial charge on any atom is 0.316 e. The number of nitrogens with zero attached hydrogens (tertiary/aromatic N) is 3. The van der Waals surface area contributed by atoms with E-state index < -0.39 is 0 Å². The Morgan fingerprint density at radius 2 is 1.88 bits per heavy atom. The molecule has 0 fully saturated rings. The van der Waals surface area contributed by atoms with Crippen LogP contribution < -0.4 is 9.64 Å². The summed E-state index contributed by atoms with van der Waals surface area (Å²) in [6.07, 6.45) is 0. The van der Waals surface area contributed by atoms with Crippen molar-refractivity contribution in [3.63, 3.8) is 0 Å². The quantitative estimate of drug-likeness (QED) is 0.248. The third-order valence-corrected chi connectivity index (χ3v) is 7.37. The van der Waals surface area contributed by atoms with Crippen LogP contribution in [0.1, 0.15) is 12.6 Å². The van der Waals surface area contributed by atoms with Gasteiger partial charge >= 0.3 is 5.97 Å². The maximum atomic E-state index is 12.3. The zero-order valence-electron chi connectivity index (χ0n) is 17.3. The normalized spacial score (nSPS) is 10.8. The predicted octanol–water partition coefficient (Wildman–Crippen LogP) is 5.28. The van der Waals surface area contributed by atoms with Gasteiger partial charge in [0.2, 0.25) is 5.91 Å². The van der Waals surface area contributed by atoms with Gasteiger partial charge in [0.15, 0.2) is 9.47 Å². The molecule has 0 saturated carbocycles. The zero-order chi connectivity index (χ0) is 22.5. The van der Waals surface area contributed by atoms with Gasteiger partial charge in [-0.1, -0.05) is 36.0 Å². The summed E-state index contributed by atoms with van der Waals surface area (Å²) in [4.78, 5) is 35.0. The van der Waals surface area contributed by atoms with Gasteiger partial charge in [0.1, 0.15) is 12.4 Å². The molecule has 0 atom stereocenters. The number of carbonyl (C=O) groups excluding carboxylic acids is 2. The second kappa shape index (κ2) is 10.1. The number of rotatable bonds is 8. The third-order valence-electron chi connectivity index (χ3n) is 4.34. The van der Waals surface area contributed by atoms with Crippen LogP contribution in [-0.4, -0.2) is 34.7 Å². The number of thiazole rings is 2. The van der Waals surface area contributed by atoms with Gasteiger partial charge in [-0.05, 0) is 24.3 Å². The molecule has 7 nitrogen and oxygen atoms in total. The number of carbonyl (C=O) groups is 2. The first-order valence-electron chi connectivity index (χ1n) is 9.57. The first kappa shape index (κ1) is 22.3. The van der Waals surface area contributed by atoms with E-state index in [4.69, 9.17) is 9.47 Å². The molecule has 4 aromatic rings. The van der Waals surface area contributed by atoms with Crippen LogP contribution in [0.25, 0.3) is 10.2 Å². The van der Waals surface area contributed by atoms with Crippen LogP contribution in [0.15, 0.2) is 58.3 Å². The molecule has 0 unspecified atom stereocenters. The molecule has 2 heterocycles. The Bertz CT molecular complexity index is 1220. The van der Waals surface area contributed by atoms with Crippen molar-refractivity contribution in [1.29, 1.82) is 0 Å². The zero-order valence-corrected chi connectivity index (χ0v) is 19.8. The summed E-state index contributed by atoms with van der Waals surface area (Å²) in [5, 5.41) is 2.26. The molecule has 0 N–H and O–H groups in total. The summed E-state index contributed by atoms with van der Waals surface area (Å²) in [5.74, 6) is 0.187. The number of anilines is 2. The molecule has 0 radical (unpaired) electrons. The SMILES string of the molecule is COc1ccccc1N(C(C)=O)c1nc(COC(=O)CSc2nc3ccccc3s2)cs1. The predicted molar refractivity (Wildman–Crippen MR) is 128 cm³/mol. The summed E-state index contributed by atoms with van der Waals surface area (Å²) in [7, 11) is 1.55. The number of amides is 1. The number of esters is 1. The molecule has 2 aromatic carbocycles. The summed E-state index contributed by atoms with van der Waals surface area (Å²) < 4.78 is 12.6. The van der Waals surface area contributed by atoms with Gasteiger partial charge in [0.05, 0.1) is 34.5 Å². The van der Waals surface area contributed by atoms with Gasteiger partial charge < -0.3 is 9.47 Å². The average molecular weight is 486 g/mol. The number of para-hydroxylation sites is 3. The fraction of sp³-hybridized carbons (Fsp3) is 0.182. The number of methoxy groups -OCH3 is 1. The van der Waals surface area contributed by atoms with E-state index >= 15 is 0 Å². The Balaban J connectivity index is 1.36. The van der Waals surface area contributed by atoms with Crippen LogP contribution >= 0.6 is 34.4 Å². The number of thioether (sulfide) groups is 1. The minimum Gasteiger partial charge on any atom is -0.495 e. The highest BCUT2D eigenvalue weighted by atomic mass is 32.2. The van der Waals surface area contributed by atoms with Gasteiger partial charge in [-0.3, -0.25) is 14.5 Å². The van der Waals surface area contributed by atoms with Crippen molar-refractivity contribution in [2.45, 2.75) is 17.9 Å². The second-order valence-electron chi connectivity index (χ2n) is 6.54. The molecule has 10 heteroatoms. The van der Waals surface area contributed by atoms with Gasteiger partial charge in [0.25, 0.3) is 0 Å². The molecule has 164 valence electrons. The Morgan fingerprint density at radius 1 is 1.09 bits per heavy atom. The lowest BCUT2D eigenvalue weighted by molar-refractivity contribution is -0.141. The smallest absolute Gasteiger partial charge is 0.316 e. The molecule has 32 heavy (non-hydrogen) atoms. The summed E-state index contributed by atoms with van der Waals surface area (Å²) >= 11 is 4.20. The molecule has 0 aliphatic carbocycles. The molecule has 0 aliphatic heterocycles. The summed E-state index contributed by atoms with van der Waals surface area (Å²) in [6, 6.07) is 15.1. The lowest BCUT2D eigenvalue weighted by Gasteiger charge is -2.20. The first-order valence-corrected chi connectivity index (χ1v) is 12.3. The van der Waals surface area contributed by atoms with E-state index in [1.807, 2.05) is 36.4 Å². The highest BCUT2D eigenvalue weighted by Crippen LogP contribution is 2.35. The van der Waals surface area contributed by atoms with Crippen molar-refractivity contribution in [3.8, 4) is 5.75 Å². The van der Waals surface area contributed by atoms with Crippen molar-refractivity contribution in [3.05, 3.63) is 59.6 Å². The molecule has 2 aromatic heterocycles. The van der Waals surface area contributed by atoms with Crippen LogP contribution in [0.3, 0.4) is 0 Å². The number of benzene rings is 2. The number of hydrogen-bond acceptors (Lipinski definition) is 9. The van der Waals surface area contributed by atoms with Crippen LogP contribution in [0.2, 0.25) is 0 Å². The molecule has 4 rings (SSSR count). The van der Waals surface area contributed by atoms with Crippen LogP contribution in [0.4, 0.5) is 10.8 Å². The number of fused-ring (bicyclic) bond motifs is 1. The fourth-order valence-electron chi connectivity index (χ4n) is 2.92. The Morgan fingerprint density at radius 3 is 2.66 bits per heavy atom. The minimum atomic E-state index is -0.350. The van der Waals surface area contributed by atoms with Crippen molar-refractivity contribution in [2.75, 3.05) is 17.8 Å². The van der Waals surface area contributed by atoms with Crippen LogP contribution in [0, 0.1) is 0 Å². The van der Waals surface area contributed by atoms with E-state index in [1.165, 1.54) is 34.9 Å². The van der Waals surface area contributed by atoms with E-state index in [1.54, 1.807) is 36.0 Å². The van der Waals surface area contributed by atoms with Gasteiger partial charge in [-0.15, -0.1) is 22.7 Å². The average Bonchev–Trinajstić information content (AvgIpc) is 3.43. The Hall–Kier alpha value is -2.95. The van der Waals surface area contributed by atoms with E-state index in [9.17, 15) is 9.59 Å². The van der Waals surface area contributed by atoms with Crippen molar-refractivity contribution in [2.24, 2.45) is 0 Å². The van der Waals surface area contributed by atoms with E-state index in [2.05, 4.69) is 9.97 Å². The molecule has 0 saturated heterocycles. The number of ether oxygens (including phenoxy) is 2. The molecular formula is C22H19N3O4S3. The Kier molecular flexibility index (Phi) is 7.03. The van der Waals surface area contributed by atoms with Gasteiger partial charge in [-0.25, -0.2) is 9.97 Å². The van der Waals surface area contributed by atoms with Crippen molar-refractivity contribution >= 4 is 67.3 Å². The minimum absolute atomic E-state index is 0.0351. The van der Waals surface area contributed by atoms with E-state index in [0.717, 1.165) is 14.6 Å². The van der Waals surface area contributed by atoms with Crippen LogP contribution in [0.5, 0.6) is 5.75 Å². The van der Waals surface area contributed by atoms with E-state index in [-0.39, 0.29) is 24.2 Å². The van der Waals surface area contributed by atoms with Crippen molar-refractivity contribution < 1.29 is 19.1 Å². The van der Waals surface area contributed by atoms with Gasteiger partial charge in [0, 0.05) is 12.3 Å². The maximum absolute atomic E-state index is 12.3. The molecular weight excluding hydrogens is 466 g/mol. The monoisotopic (exact) mass is 485 g/mol. The third kappa shape index (κ3) is 5.09. The summed E-state index contributed by atoms with van der Waals surface area (Å²) in [6.45, 7) is 1.50. The molecule has 0 spiro atoms. The molecule has 0 aliphatic rings. The van der Waals surface area contributed by atoms with E-state index in [0.29, 0.717) is 22.3 Å². The molecule has 1 amide bonds. The van der Waals surface area contributed by atoms with Gasteiger partial charge in [-0.2, -0.15) is 0 Å². The van der Waals surface area contributed by atoms with Crippen molar-refractivity contribution in [1.82, 2.24) is 9.97 Å². The van der Waals surface area contributed by atoms with Crippen LogP contribution in [-0.2, 0) is 20.9 Å². The largest absolute Gasteiger partial charge is 0.495 e. The highest BCUT2D eigenvalue weighted by Gasteiger charge is 2.21. The first-order chi connectivity index (χ1) is 15.5. The molecule has 0 bridgehead atoms. The Labute approximate surface area is 197 Å². The lowest BCUT2D eigenvalue weighted by atomic mass is 10.2. The number of aromatic nitrogens is 2. The lowest BCUT2D eigenvalue weighted by Crippen LogP contribution is -2.23. The standard InChI is InChI=1S/C22H19N3O4S3/c1-14(26)25(17-8-4-5-9-18(17)28-2)21-23-15(12-30-21)11-29-20(27)13-31-22-24-16-7-3-6-10-19(16)32-22/h3-10,12H,11,13H2,1-2H3. The number of hydrogen-bond donors (Lipinski definition) is 0. The fourth-order valence-corrected chi connectivity index (χ4v) is 5.65. The highest BCUT2D eigenvalue weighted by molar-refractivity contribution is 8.01. The second-order valence-corrected chi connectivity index (χ2v) is 9.63. The summed E-state index contributed by atoms with van der Waals surface area (Å²) in [5.41, 5.74) is 2.10.